The molecular weight excluding hydrogens is 1120 g/mol. The van der Waals surface area contributed by atoms with Gasteiger partial charge >= 0.3 is 0 Å². The first-order chi connectivity index (χ1) is 40.1. The molecule has 0 saturated carbocycles. The Hall–Kier alpha value is -6.38. The zero-order valence-corrected chi connectivity index (χ0v) is 60.5. The molecule has 7 heteroatoms. The Balaban J connectivity index is -0.0000000670. The van der Waals surface area contributed by atoms with Crippen LogP contribution in [-0.2, 0) is 47.6 Å². The minimum atomic E-state index is -0.254. The van der Waals surface area contributed by atoms with E-state index in [0.717, 1.165) is 0 Å². The number of hydrogen-bond donors (Lipinski definition) is 0. The molecule has 0 heterocycles. The van der Waals surface area contributed by atoms with Crippen LogP contribution in [0.4, 0.5) is 8.78 Å². The molecule has 1 aliphatic rings. The Bertz CT molecular complexity index is 2120. The van der Waals surface area contributed by atoms with Crippen molar-refractivity contribution < 1.29 is 51.0 Å². The van der Waals surface area contributed by atoms with Crippen LogP contribution >= 0.6 is 0 Å². The molecule has 0 atom stereocenters. The van der Waals surface area contributed by atoms with Gasteiger partial charge in [-0.15, -0.1) is 0 Å². The van der Waals surface area contributed by atoms with Crippen LogP contribution in [0.1, 0.15) is 165 Å². The number of benzene rings is 8. The maximum absolute atomic E-state index is 9.50. The van der Waals surface area contributed by atoms with Crippen molar-refractivity contribution in [2.24, 2.45) is 0 Å². The Morgan fingerprint density at radius 1 is 0.282 bits per heavy atom. The molecule has 0 unspecified atom stereocenters. The van der Waals surface area contributed by atoms with Crippen LogP contribution in [0.2, 0.25) is 0 Å². The second kappa shape index (κ2) is 99.7. The molecule has 4 nitrogen and oxygen atoms in total. The quantitative estimate of drug-likeness (QED) is 0.162. The van der Waals surface area contributed by atoms with Crippen LogP contribution < -0.4 is 0 Å². The van der Waals surface area contributed by atoms with Crippen LogP contribution in [0, 0.1) is 37.5 Å². The van der Waals surface area contributed by atoms with Gasteiger partial charge in [-0.25, -0.2) is 0 Å². The molecule has 0 aliphatic heterocycles. The molecular formula is C78H122F2N2O2Y-2. The van der Waals surface area contributed by atoms with E-state index in [1.807, 2.05) is 246 Å². The number of halogens is 2. The standard InChI is InChI=1S/C25H18.2C7H5N.2C6H6.2C2H6O.9C2H6.2CH3F.CH4.2CH3.Y/c1-3-11-19(12-4-1)25(20-13-5-2-6-14-20)23-17-9-7-15-21(23)22-16-8-10-18-24(22)25;2*8-6-7-4-2-1-3-5-7;2*1-2-4-6-5-3-1;2*1-3-2;11*1-2;;;;/h1-18H;2*1-5H;2*1-6H;2*1-2H3;9*1-2H3;2*1H3;1H4;2*1H3;/q;;;;;;;;;;;;;;;;;;;2*-1;. The van der Waals surface area contributed by atoms with E-state index in [2.05, 4.69) is 119 Å². The minimum absolute atomic E-state index is 0. The summed E-state index contributed by atoms with van der Waals surface area (Å²) in [7, 11) is 7.50. The Morgan fingerprint density at radius 3 is 0.588 bits per heavy atom. The van der Waals surface area contributed by atoms with Crippen molar-refractivity contribution in [3.8, 4) is 23.3 Å². The van der Waals surface area contributed by atoms with Crippen molar-refractivity contribution in [2.75, 3.05) is 42.8 Å². The summed E-state index contributed by atoms with van der Waals surface area (Å²) in [6, 6.07) is 85.8. The third-order valence-corrected chi connectivity index (χ3v) is 8.51. The number of hydrogen-bond acceptors (Lipinski definition) is 4. The summed E-state index contributed by atoms with van der Waals surface area (Å²) in [5.74, 6) is 0. The molecule has 8 aromatic carbocycles. The predicted molar refractivity (Wildman–Crippen MR) is 381 cm³/mol. The molecule has 0 N–H and O–H groups in total. The number of alkyl halides is 2. The van der Waals surface area contributed by atoms with Gasteiger partial charge in [0.1, 0.15) is 0 Å². The number of methoxy groups -OCH3 is 2. The Kier molecular flexibility index (Phi) is 129. The molecule has 0 bridgehead atoms. The van der Waals surface area contributed by atoms with Gasteiger partial charge in [-0.1, -0.05) is 350 Å². The largest absolute Gasteiger partial charge is 0.388 e. The summed E-state index contributed by atoms with van der Waals surface area (Å²) in [4.78, 5) is 0. The smallest absolute Gasteiger partial charge is 0.0991 e. The van der Waals surface area contributed by atoms with Crippen molar-refractivity contribution in [3.63, 3.8) is 0 Å². The van der Waals surface area contributed by atoms with Crippen molar-refractivity contribution in [1.82, 2.24) is 0 Å². The van der Waals surface area contributed by atoms with E-state index in [9.17, 15) is 8.78 Å². The van der Waals surface area contributed by atoms with E-state index < -0.39 is 0 Å². The van der Waals surface area contributed by atoms with E-state index in [4.69, 9.17) is 10.5 Å². The Labute approximate surface area is 552 Å². The topological polar surface area (TPSA) is 66.0 Å². The number of nitrogens with zero attached hydrogens (tertiary/aromatic N) is 2. The van der Waals surface area contributed by atoms with Gasteiger partial charge in [-0.2, -0.15) is 10.5 Å². The van der Waals surface area contributed by atoms with Crippen LogP contribution in [0.5, 0.6) is 0 Å². The average Bonchev–Trinajstić information content (AvgIpc) is 2.11. The second-order valence-corrected chi connectivity index (χ2v) is 12.7. The van der Waals surface area contributed by atoms with Crippen molar-refractivity contribution in [2.45, 2.75) is 137 Å². The van der Waals surface area contributed by atoms with Gasteiger partial charge in [0, 0.05) is 61.1 Å². The van der Waals surface area contributed by atoms with Gasteiger partial charge in [0.25, 0.3) is 0 Å². The van der Waals surface area contributed by atoms with Crippen molar-refractivity contribution >= 4 is 0 Å². The fourth-order valence-electron chi connectivity index (χ4n) is 6.20. The minimum Gasteiger partial charge on any atom is -0.388 e. The summed E-state index contributed by atoms with van der Waals surface area (Å²) >= 11 is 0. The van der Waals surface area contributed by atoms with Gasteiger partial charge in [0.2, 0.25) is 0 Å². The van der Waals surface area contributed by atoms with Gasteiger partial charge in [0.05, 0.1) is 43.0 Å². The number of rotatable bonds is 2. The van der Waals surface area contributed by atoms with Gasteiger partial charge in [-0.05, 0) is 57.6 Å². The van der Waals surface area contributed by atoms with Gasteiger partial charge < -0.3 is 24.3 Å². The van der Waals surface area contributed by atoms with Gasteiger partial charge in [0.15, 0.2) is 0 Å². The zero-order valence-electron chi connectivity index (χ0n) is 57.6. The number of ether oxygens (including phenoxy) is 2. The molecule has 0 spiro atoms. The van der Waals surface area contributed by atoms with Crippen LogP contribution in [0.3, 0.4) is 0 Å². The molecule has 85 heavy (non-hydrogen) atoms. The third-order valence-electron chi connectivity index (χ3n) is 8.51. The monoisotopic (exact) mass is 1250 g/mol. The van der Waals surface area contributed by atoms with E-state index in [1.54, 1.807) is 52.7 Å². The van der Waals surface area contributed by atoms with Crippen LogP contribution in [-0.4, -0.2) is 42.8 Å². The molecule has 8 aromatic rings. The maximum atomic E-state index is 9.50. The second-order valence-electron chi connectivity index (χ2n) is 12.7. The molecule has 1 radical (unpaired) electrons. The summed E-state index contributed by atoms with van der Waals surface area (Å²) in [5, 5.41) is 16.6. The fraction of sp³-hybridized carbons (Fsp3) is 0.333. The first-order valence-electron chi connectivity index (χ1n) is 28.9. The van der Waals surface area contributed by atoms with Crippen molar-refractivity contribution in [1.29, 1.82) is 10.5 Å². The first-order valence-corrected chi connectivity index (χ1v) is 28.9. The third kappa shape index (κ3) is 52.9. The summed E-state index contributed by atoms with van der Waals surface area (Å²) in [5.41, 5.74) is 9.23. The molecule has 0 fully saturated rings. The summed E-state index contributed by atoms with van der Waals surface area (Å²) < 4.78 is 27.5. The van der Waals surface area contributed by atoms with E-state index in [1.165, 1.54) is 33.4 Å². The maximum Gasteiger partial charge on any atom is 0.0991 e. The summed E-state index contributed by atoms with van der Waals surface area (Å²) in [6.07, 6.45) is 0. The molecule has 0 aromatic heterocycles. The van der Waals surface area contributed by atoms with Gasteiger partial charge in [-0.3, -0.25) is 8.78 Å². The number of fused-ring (bicyclic) bond motifs is 3. The normalized spacial score (nSPS) is 7.91. The number of nitriles is 2. The Morgan fingerprint density at radius 2 is 0.424 bits per heavy atom. The van der Waals surface area contributed by atoms with Crippen LogP contribution in [0.15, 0.2) is 243 Å². The molecule has 0 saturated heterocycles. The zero-order chi connectivity index (χ0) is 64.2. The molecule has 9 rings (SSSR count). The SMILES string of the molecule is C.CC.CC.CC.CC.CC.CC.CC.CC.CC.CF.CF.COC.COC.N#Cc1ccccc1.N#Cc1ccccc1.[CH3-].[CH3-].[Y].c1ccc(C2(c3ccccc3)c3ccccc3-c3ccccc32)cc1.c1ccccc1.c1ccccc1. The molecule has 475 valence electrons. The molecule has 1 aliphatic carbocycles. The average molecular weight is 1250 g/mol. The summed E-state index contributed by atoms with van der Waals surface area (Å²) in [6.45, 7) is 36.0. The fourth-order valence-corrected chi connectivity index (χ4v) is 6.20. The van der Waals surface area contributed by atoms with E-state index >= 15 is 0 Å². The molecule has 0 amide bonds. The first kappa shape index (κ1) is 110. The predicted octanol–water partition coefficient (Wildman–Crippen LogP) is 25.0. The van der Waals surface area contributed by atoms with E-state index in [0.29, 0.717) is 25.5 Å². The van der Waals surface area contributed by atoms with Crippen molar-refractivity contribution in [3.05, 3.63) is 291 Å². The van der Waals surface area contributed by atoms with E-state index in [-0.39, 0.29) is 60.4 Å². The van der Waals surface area contributed by atoms with Crippen LogP contribution in [0.25, 0.3) is 11.1 Å².